The first-order valence-corrected chi connectivity index (χ1v) is 11.3. The molecule has 2 aliphatic heterocycles. The van der Waals surface area contributed by atoms with Crippen LogP contribution in [0.2, 0.25) is 0 Å². The number of carbonyl (C=O) groups is 1. The summed E-state index contributed by atoms with van der Waals surface area (Å²) < 4.78 is 17.2. The first kappa shape index (κ1) is 22.6. The average Bonchev–Trinajstić information content (AvgIpc) is 2.87. The molecule has 6 nitrogen and oxygen atoms in total. The summed E-state index contributed by atoms with van der Waals surface area (Å²) in [5.74, 6) is 0.761. The second kappa shape index (κ2) is 8.75. The molecular formula is C26H33NO5. The maximum atomic E-state index is 12.4. The van der Waals surface area contributed by atoms with Crippen LogP contribution in [0.15, 0.2) is 42.5 Å². The zero-order chi connectivity index (χ0) is 22.9. The van der Waals surface area contributed by atoms with Crippen molar-refractivity contribution in [3.05, 3.63) is 59.2 Å². The molecule has 172 valence electrons. The first-order valence-electron chi connectivity index (χ1n) is 11.3. The van der Waals surface area contributed by atoms with Crippen LogP contribution >= 0.6 is 0 Å². The minimum atomic E-state index is -1.20. The summed E-state index contributed by atoms with van der Waals surface area (Å²) in [4.78, 5) is 14.4. The molecule has 2 aliphatic rings. The van der Waals surface area contributed by atoms with Gasteiger partial charge in [-0.2, -0.15) is 0 Å². The SMILES string of the molecule is CN1CCC(C2(O)c3ccccc3COc3ccc(OCC(=O)OC(C)(C)C)cc32)CC1. The van der Waals surface area contributed by atoms with E-state index in [0.29, 0.717) is 23.7 Å². The van der Waals surface area contributed by atoms with E-state index < -0.39 is 17.2 Å². The Kier molecular flexibility index (Phi) is 6.19. The van der Waals surface area contributed by atoms with Gasteiger partial charge in [0.2, 0.25) is 0 Å². The zero-order valence-electron chi connectivity index (χ0n) is 19.4. The van der Waals surface area contributed by atoms with Crippen LogP contribution in [0.4, 0.5) is 0 Å². The lowest BCUT2D eigenvalue weighted by Gasteiger charge is -2.41. The van der Waals surface area contributed by atoms with Crippen molar-refractivity contribution >= 4 is 5.97 Å². The van der Waals surface area contributed by atoms with Gasteiger partial charge in [-0.25, -0.2) is 4.79 Å². The van der Waals surface area contributed by atoms with Crippen molar-refractivity contribution in [2.24, 2.45) is 5.92 Å². The summed E-state index contributed by atoms with van der Waals surface area (Å²) in [6, 6.07) is 13.4. The number of hydrogen-bond donors (Lipinski definition) is 1. The lowest BCUT2D eigenvalue weighted by atomic mass is 9.71. The molecular weight excluding hydrogens is 406 g/mol. The third-order valence-corrected chi connectivity index (χ3v) is 6.26. The molecule has 0 aromatic heterocycles. The van der Waals surface area contributed by atoms with Crippen LogP contribution in [0.25, 0.3) is 0 Å². The minimum absolute atomic E-state index is 0.0430. The van der Waals surface area contributed by atoms with E-state index in [2.05, 4.69) is 11.9 Å². The lowest BCUT2D eigenvalue weighted by Crippen LogP contribution is -2.43. The Hall–Kier alpha value is -2.57. The topological polar surface area (TPSA) is 68.2 Å². The summed E-state index contributed by atoms with van der Waals surface area (Å²) in [6.07, 6.45) is 1.76. The predicted octanol–water partition coefficient (Wildman–Crippen LogP) is 3.88. The Balaban J connectivity index is 1.69. The number of rotatable bonds is 4. The van der Waals surface area contributed by atoms with Crippen molar-refractivity contribution in [1.82, 2.24) is 4.90 Å². The normalized spacial score (nSPS) is 21.7. The number of fused-ring (bicyclic) bond motifs is 2. The first-order chi connectivity index (χ1) is 15.2. The summed E-state index contributed by atoms with van der Waals surface area (Å²) in [6.45, 7) is 7.54. The summed E-state index contributed by atoms with van der Waals surface area (Å²) in [5, 5.41) is 12.4. The second-order valence-corrected chi connectivity index (χ2v) is 9.82. The van der Waals surface area contributed by atoms with E-state index in [-0.39, 0.29) is 12.5 Å². The van der Waals surface area contributed by atoms with Gasteiger partial charge in [0.15, 0.2) is 6.61 Å². The standard InChI is InChI=1S/C26H33NO5/c1-25(2,3)32-24(28)17-30-20-9-10-23-22(15-20)26(29,19-11-13-27(4)14-12-19)21-8-6-5-7-18(21)16-31-23/h5-10,15,19,29H,11-14,16-17H2,1-4H3. The predicted molar refractivity (Wildman–Crippen MR) is 122 cm³/mol. The summed E-state index contributed by atoms with van der Waals surface area (Å²) in [5.41, 5.74) is 0.799. The van der Waals surface area contributed by atoms with Gasteiger partial charge in [0.25, 0.3) is 0 Å². The lowest BCUT2D eigenvalue weighted by molar-refractivity contribution is -0.157. The molecule has 4 rings (SSSR count). The maximum absolute atomic E-state index is 12.4. The minimum Gasteiger partial charge on any atom is -0.488 e. The van der Waals surface area contributed by atoms with Crippen LogP contribution < -0.4 is 9.47 Å². The molecule has 0 spiro atoms. The van der Waals surface area contributed by atoms with E-state index in [0.717, 1.165) is 37.1 Å². The monoisotopic (exact) mass is 439 g/mol. The fraction of sp³-hybridized carbons (Fsp3) is 0.500. The van der Waals surface area contributed by atoms with E-state index in [1.807, 2.05) is 57.2 Å². The highest BCUT2D eigenvalue weighted by atomic mass is 16.6. The summed E-state index contributed by atoms with van der Waals surface area (Å²) >= 11 is 0. The Bertz CT molecular complexity index is 974. The largest absolute Gasteiger partial charge is 0.488 e. The van der Waals surface area contributed by atoms with Crippen LogP contribution in [-0.2, 0) is 21.7 Å². The van der Waals surface area contributed by atoms with Crippen molar-refractivity contribution in [3.8, 4) is 11.5 Å². The van der Waals surface area contributed by atoms with Gasteiger partial charge in [0.1, 0.15) is 29.3 Å². The van der Waals surface area contributed by atoms with Gasteiger partial charge in [-0.3, -0.25) is 0 Å². The third-order valence-electron chi connectivity index (χ3n) is 6.26. The molecule has 2 heterocycles. The number of aliphatic hydroxyl groups is 1. The molecule has 32 heavy (non-hydrogen) atoms. The quantitative estimate of drug-likeness (QED) is 0.730. The molecule has 1 saturated heterocycles. The van der Waals surface area contributed by atoms with Crippen molar-refractivity contribution in [1.29, 1.82) is 0 Å². The van der Waals surface area contributed by atoms with E-state index >= 15 is 0 Å². The Labute approximate surface area is 190 Å². The molecule has 1 fully saturated rings. The van der Waals surface area contributed by atoms with Crippen molar-refractivity contribution in [2.45, 2.75) is 51.4 Å². The smallest absolute Gasteiger partial charge is 0.344 e. The van der Waals surface area contributed by atoms with Crippen LogP contribution in [0.1, 0.15) is 50.3 Å². The highest BCUT2D eigenvalue weighted by molar-refractivity contribution is 5.71. The number of nitrogens with zero attached hydrogens (tertiary/aromatic N) is 1. The second-order valence-electron chi connectivity index (χ2n) is 9.82. The van der Waals surface area contributed by atoms with E-state index in [1.165, 1.54) is 0 Å². The Morgan fingerprint density at radius 2 is 1.88 bits per heavy atom. The van der Waals surface area contributed by atoms with Gasteiger partial charge in [-0.05, 0) is 89.0 Å². The molecule has 0 saturated carbocycles. The fourth-order valence-corrected chi connectivity index (χ4v) is 4.72. The summed E-state index contributed by atoms with van der Waals surface area (Å²) in [7, 11) is 2.11. The number of carbonyl (C=O) groups excluding carboxylic acids is 1. The molecule has 1 N–H and O–H groups in total. The van der Waals surface area contributed by atoms with Gasteiger partial charge < -0.3 is 24.2 Å². The van der Waals surface area contributed by atoms with Crippen LogP contribution in [0, 0.1) is 5.92 Å². The molecule has 1 unspecified atom stereocenters. The molecule has 1 atom stereocenters. The third kappa shape index (κ3) is 4.62. The molecule has 6 heteroatoms. The molecule has 0 radical (unpaired) electrons. The van der Waals surface area contributed by atoms with Gasteiger partial charge in [0.05, 0.1) is 0 Å². The van der Waals surface area contributed by atoms with Crippen molar-refractivity contribution < 1.29 is 24.1 Å². The number of piperidine rings is 1. The molecule has 0 bridgehead atoms. The van der Waals surface area contributed by atoms with Crippen molar-refractivity contribution in [3.63, 3.8) is 0 Å². The van der Waals surface area contributed by atoms with E-state index in [9.17, 15) is 9.90 Å². The van der Waals surface area contributed by atoms with E-state index in [4.69, 9.17) is 14.2 Å². The average molecular weight is 440 g/mol. The molecule has 2 aromatic carbocycles. The van der Waals surface area contributed by atoms with Crippen LogP contribution in [0.3, 0.4) is 0 Å². The Morgan fingerprint density at radius 3 is 2.59 bits per heavy atom. The van der Waals surface area contributed by atoms with Gasteiger partial charge in [-0.15, -0.1) is 0 Å². The van der Waals surface area contributed by atoms with Crippen molar-refractivity contribution in [2.75, 3.05) is 26.7 Å². The highest BCUT2D eigenvalue weighted by Crippen LogP contribution is 2.49. The number of ether oxygens (including phenoxy) is 3. The van der Waals surface area contributed by atoms with Gasteiger partial charge in [0, 0.05) is 5.56 Å². The fourth-order valence-electron chi connectivity index (χ4n) is 4.72. The number of likely N-dealkylation sites (tertiary alicyclic amines) is 1. The van der Waals surface area contributed by atoms with Gasteiger partial charge in [-0.1, -0.05) is 24.3 Å². The molecule has 0 amide bonds. The van der Waals surface area contributed by atoms with Crippen LogP contribution in [-0.4, -0.2) is 48.3 Å². The highest BCUT2D eigenvalue weighted by Gasteiger charge is 2.45. The van der Waals surface area contributed by atoms with Crippen LogP contribution in [0.5, 0.6) is 11.5 Å². The van der Waals surface area contributed by atoms with E-state index in [1.54, 1.807) is 6.07 Å². The van der Waals surface area contributed by atoms with Gasteiger partial charge >= 0.3 is 5.97 Å². The molecule has 0 aliphatic carbocycles. The zero-order valence-corrected chi connectivity index (χ0v) is 19.4. The Morgan fingerprint density at radius 1 is 1.16 bits per heavy atom. The number of esters is 1. The number of hydrogen-bond acceptors (Lipinski definition) is 6. The number of benzene rings is 2. The maximum Gasteiger partial charge on any atom is 0.344 e. The molecule has 2 aromatic rings.